The Labute approximate surface area is 143 Å². The maximum absolute atomic E-state index is 12.1. The molecule has 0 aliphatic carbocycles. The molecule has 2 aromatic carbocycles. The predicted octanol–water partition coefficient (Wildman–Crippen LogP) is 3.83. The van der Waals surface area contributed by atoms with Crippen LogP contribution in [0, 0.1) is 0 Å². The highest BCUT2D eigenvalue weighted by atomic mass is 79.9. The molecule has 0 aliphatic heterocycles. The summed E-state index contributed by atoms with van der Waals surface area (Å²) in [4.78, 5) is 12.1. The van der Waals surface area contributed by atoms with Gasteiger partial charge in [-0.15, -0.1) is 0 Å². The summed E-state index contributed by atoms with van der Waals surface area (Å²) in [6, 6.07) is 10.6. The summed E-state index contributed by atoms with van der Waals surface area (Å²) in [7, 11) is 4.61. The van der Waals surface area contributed by atoms with Crippen LogP contribution >= 0.6 is 15.9 Å². The summed E-state index contributed by atoms with van der Waals surface area (Å²) < 4.78 is 21.9. The van der Waals surface area contributed by atoms with Crippen LogP contribution in [0.1, 0.15) is 15.9 Å². The second-order valence-corrected chi connectivity index (χ2v) is 5.44. The van der Waals surface area contributed by atoms with Gasteiger partial charge in [0.05, 0.1) is 26.9 Å². The molecule has 0 aromatic heterocycles. The van der Waals surface area contributed by atoms with Gasteiger partial charge in [-0.2, -0.15) is 0 Å². The van der Waals surface area contributed by atoms with Gasteiger partial charge in [0.1, 0.15) is 6.61 Å². The van der Waals surface area contributed by atoms with Gasteiger partial charge in [0, 0.05) is 4.47 Å². The van der Waals surface area contributed by atoms with E-state index in [0.717, 1.165) is 5.56 Å². The SMILES string of the molecule is COc1cc(COC(=O)c2ccccc2Br)cc(OC)c1OC. The number of carbonyl (C=O) groups excluding carboxylic acids is 1. The topological polar surface area (TPSA) is 54.0 Å². The zero-order valence-electron chi connectivity index (χ0n) is 13.1. The molecule has 2 rings (SSSR count). The van der Waals surface area contributed by atoms with Gasteiger partial charge in [-0.05, 0) is 45.8 Å². The quantitative estimate of drug-likeness (QED) is 0.712. The van der Waals surface area contributed by atoms with E-state index in [1.165, 1.54) is 21.3 Å². The first-order valence-corrected chi connectivity index (χ1v) is 7.60. The summed E-state index contributed by atoms with van der Waals surface area (Å²) >= 11 is 3.33. The first-order valence-electron chi connectivity index (χ1n) is 6.81. The molecule has 0 fully saturated rings. The molecule has 0 heterocycles. The Morgan fingerprint density at radius 3 is 2.13 bits per heavy atom. The molecule has 0 saturated carbocycles. The van der Waals surface area contributed by atoms with E-state index in [0.29, 0.717) is 27.3 Å². The van der Waals surface area contributed by atoms with Crippen molar-refractivity contribution in [3.8, 4) is 17.2 Å². The number of benzene rings is 2. The standard InChI is InChI=1S/C17H17BrO5/c1-20-14-8-11(9-15(21-2)16(14)22-3)10-23-17(19)12-6-4-5-7-13(12)18/h4-9H,10H2,1-3H3. The zero-order chi connectivity index (χ0) is 16.8. The van der Waals surface area contributed by atoms with Crippen molar-refractivity contribution in [2.24, 2.45) is 0 Å². The number of halogens is 1. The maximum atomic E-state index is 12.1. The molecule has 5 nitrogen and oxygen atoms in total. The number of hydrogen-bond acceptors (Lipinski definition) is 5. The Hall–Kier alpha value is -2.21. The number of carbonyl (C=O) groups is 1. The molecule has 0 saturated heterocycles. The molecule has 0 aliphatic rings. The number of methoxy groups -OCH3 is 3. The monoisotopic (exact) mass is 380 g/mol. The zero-order valence-corrected chi connectivity index (χ0v) is 14.7. The van der Waals surface area contributed by atoms with Gasteiger partial charge in [0.2, 0.25) is 5.75 Å². The van der Waals surface area contributed by atoms with Crippen molar-refractivity contribution in [1.82, 2.24) is 0 Å². The fourth-order valence-corrected chi connectivity index (χ4v) is 2.52. The van der Waals surface area contributed by atoms with E-state index in [-0.39, 0.29) is 6.61 Å². The molecule has 23 heavy (non-hydrogen) atoms. The molecule has 0 amide bonds. The number of ether oxygens (including phenoxy) is 4. The van der Waals surface area contributed by atoms with Gasteiger partial charge < -0.3 is 18.9 Å². The summed E-state index contributed by atoms with van der Waals surface area (Å²) in [5.74, 6) is 1.11. The Morgan fingerprint density at radius 2 is 1.61 bits per heavy atom. The first kappa shape index (κ1) is 17.1. The Bertz CT molecular complexity index is 674. The summed E-state index contributed by atoms with van der Waals surface area (Å²) in [6.45, 7) is 0.0941. The second-order valence-electron chi connectivity index (χ2n) is 4.59. The van der Waals surface area contributed by atoms with Gasteiger partial charge in [-0.1, -0.05) is 12.1 Å². The van der Waals surface area contributed by atoms with Crippen molar-refractivity contribution in [2.75, 3.05) is 21.3 Å². The van der Waals surface area contributed by atoms with Crippen molar-refractivity contribution >= 4 is 21.9 Å². The van der Waals surface area contributed by atoms with Crippen molar-refractivity contribution in [3.05, 3.63) is 52.0 Å². The highest BCUT2D eigenvalue weighted by Gasteiger charge is 2.15. The van der Waals surface area contributed by atoms with Crippen LogP contribution in [0.5, 0.6) is 17.2 Å². The van der Waals surface area contributed by atoms with Crippen molar-refractivity contribution in [1.29, 1.82) is 0 Å². The summed E-state index contributed by atoms with van der Waals surface area (Å²) in [5, 5.41) is 0. The highest BCUT2D eigenvalue weighted by molar-refractivity contribution is 9.10. The highest BCUT2D eigenvalue weighted by Crippen LogP contribution is 2.38. The molecule has 0 radical (unpaired) electrons. The van der Waals surface area contributed by atoms with E-state index < -0.39 is 5.97 Å². The largest absolute Gasteiger partial charge is 0.493 e. The summed E-state index contributed by atoms with van der Waals surface area (Å²) in [5.41, 5.74) is 1.21. The van der Waals surface area contributed by atoms with Crippen LogP contribution in [-0.4, -0.2) is 27.3 Å². The lowest BCUT2D eigenvalue weighted by Gasteiger charge is -2.14. The van der Waals surface area contributed by atoms with Crippen LogP contribution < -0.4 is 14.2 Å². The molecular weight excluding hydrogens is 364 g/mol. The van der Waals surface area contributed by atoms with E-state index in [1.807, 2.05) is 6.07 Å². The van der Waals surface area contributed by atoms with E-state index in [2.05, 4.69) is 15.9 Å². The van der Waals surface area contributed by atoms with Crippen molar-refractivity contribution < 1.29 is 23.7 Å². The van der Waals surface area contributed by atoms with Gasteiger partial charge in [-0.25, -0.2) is 4.79 Å². The normalized spacial score (nSPS) is 10.1. The molecule has 0 N–H and O–H groups in total. The Balaban J connectivity index is 2.17. The van der Waals surface area contributed by atoms with E-state index in [9.17, 15) is 4.79 Å². The number of esters is 1. The van der Waals surface area contributed by atoms with Crippen LogP contribution in [0.25, 0.3) is 0 Å². The average molecular weight is 381 g/mol. The molecule has 6 heteroatoms. The number of rotatable bonds is 6. The smallest absolute Gasteiger partial charge is 0.339 e. The molecule has 0 spiro atoms. The average Bonchev–Trinajstić information content (AvgIpc) is 2.58. The van der Waals surface area contributed by atoms with Crippen LogP contribution in [0.3, 0.4) is 0 Å². The van der Waals surface area contributed by atoms with Crippen LogP contribution in [0.15, 0.2) is 40.9 Å². The van der Waals surface area contributed by atoms with E-state index >= 15 is 0 Å². The van der Waals surface area contributed by atoms with Crippen LogP contribution in [0.4, 0.5) is 0 Å². The van der Waals surface area contributed by atoms with Crippen LogP contribution in [0.2, 0.25) is 0 Å². The lowest BCUT2D eigenvalue weighted by atomic mass is 10.2. The number of hydrogen-bond donors (Lipinski definition) is 0. The predicted molar refractivity (Wildman–Crippen MR) is 89.4 cm³/mol. The second kappa shape index (κ2) is 7.87. The fourth-order valence-electron chi connectivity index (χ4n) is 2.07. The molecule has 0 unspecified atom stereocenters. The lowest BCUT2D eigenvalue weighted by Crippen LogP contribution is -2.06. The molecule has 0 bridgehead atoms. The lowest BCUT2D eigenvalue weighted by molar-refractivity contribution is 0.0471. The maximum Gasteiger partial charge on any atom is 0.339 e. The third kappa shape index (κ3) is 3.96. The minimum absolute atomic E-state index is 0.0941. The first-order chi connectivity index (χ1) is 11.1. The van der Waals surface area contributed by atoms with Gasteiger partial charge >= 0.3 is 5.97 Å². The van der Waals surface area contributed by atoms with Gasteiger partial charge in [-0.3, -0.25) is 0 Å². The third-order valence-corrected chi connectivity index (χ3v) is 3.88. The minimum Gasteiger partial charge on any atom is -0.493 e. The Morgan fingerprint density at radius 1 is 1.00 bits per heavy atom. The fraction of sp³-hybridized carbons (Fsp3) is 0.235. The third-order valence-electron chi connectivity index (χ3n) is 3.19. The van der Waals surface area contributed by atoms with Gasteiger partial charge in [0.25, 0.3) is 0 Å². The molecule has 2 aromatic rings. The van der Waals surface area contributed by atoms with E-state index in [4.69, 9.17) is 18.9 Å². The van der Waals surface area contributed by atoms with Crippen molar-refractivity contribution in [2.45, 2.75) is 6.61 Å². The molecule has 122 valence electrons. The van der Waals surface area contributed by atoms with Crippen molar-refractivity contribution in [3.63, 3.8) is 0 Å². The Kier molecular flexibility index (Phi) is 5.87. The van der Waals surface area contributed by atoms with E-state index in [1.54, 1.807) is 30.3 Å². The van der Waals surface area contributed by atoms with Gasteiger partial charge in [0.15, 0.2) is 11.5 Å². The minimum atomic E-state index is -0.411. The molecule has 0 atom stereocenters. The molecular formula is C17H17BrO5. The summed E-state index contributed by atoms with van der Waals surface area (Å²) in [6.07, 6.45) is 0. The van der Waals surface area contributed by atoms with Crippen LogP contribution in [-0.2, 0) is 11.3 Å².